The summed E-state index contributed by atoms with van der Waals surface area (Å²) in [6.07, 6.45) is 0.0865. The number of β-lactam (4-membered cyclic amide) rings is 1. The van der Waals surface area contributed by atoms with Crippen LogP contribution in [0.15, 0.2) is 16.4 Å². The number of aromatic nitrogens is 2. The zero-order chi connectivity index (χ0) is 25.0. The molecule has 200 valence electrons. The maximum Gasteiger partial charge on any atom is 0.352 e. The van der Waals surface area contributed by atoms with Gasteiger partial charge < -0.3 is 31.5 Å². The lowest BCUT2D eigenvalue weighted by molar-refractivity contribution is -0.150. The van der Waals surface area contributed by atoms with Crippen molar-refractivity contribution in [2.45, 2.75) is 37.8 Å². The summed E-state index contributed by atoms with van der Waals surface area (Å²) < 4.78 is 8.87. The summed E-state index contributed by atoms with van der Waals surface area (Å²) in [5, 5.41) is 15.5. The summed E-state index contributed by atoms with van der Waals surface area (Å²) in [6, 6.07) is -1.03. The first kappa shape index (κ1) is 31.4. The van der Waals surface area contributed by atoms with E-state index in [9.17, 15) is 24.3 Å². The molecule has 0 bridgehead atoms. The molecule has 0 aromatic carbocycles. The number of nitrogen functional groups attached to an aromatic ring is 1. The van der Waals surface area contributed by atoms with Crippen LogP contribution in [-0.2, 0) is 28.8 Å². The number of carbonyl (C=O) groups excluding carboxylic acids is 3. The molecule has 1 aromatic rings. The molecule has 1 unspecified atom stereocenters. The second-order valence-corrected chi connectivity index (χ2v) is 9.05. The van der Waals surface area contributed by atoms with E-state index in [1.807, 2.05) is 6.92 Å². The minimum Gasteiger partial charge on any atom is -0.477 e. The number of amides is 2. The number of nitrogens with zero attached hydrogens (tertiary/aromatic N) is 4. The summed E-state index contributed by atoms with van der Waals surface area (Å²) in [6.45, 7) is 2.94. The number of anilines is 1. The second kappa shape index (κ2) is 13.6. The van der Waals surface area contributed by atoms with Crippen LogP contribution in [0, 0.1) is 0 Å². The summed E-state index contributed by atoms with van der Waals surface area (Å²) in [4.78, 5) is 59.0. The molecule has 18 heteroatoms. The Bertz CT molecular complexity index is 1060. The lowest BCUT2D eigenvalue weighted by Crippen LogP contribution is -2.71. The van der Waals surface area contributed by atoms with Crippen molar-refractivity contribution in [3.8, 4) is 0 Å². The first-order valence-corrected chi connectivity index (χ1v) is 11.9. The van der Waals surface area contributed by atoms with Crippen LogP contribution in [0.1, 0.15) is 26.1 Å². The van der Waals surface area contributed by atoms with Crippen LogP contribution in [-0.4, -0.2) is 85.3 Å². The van der Waals surface area contributed by atoms with Gasteiger partial charge in [-0.25, -0.2) is 4.79 Å². The Morgan fingerprint density at radius 1 is 1.36 bits per heavy atom. The fraction of sp³-hybridized carbons (Fsp3) is 0.500. The normalized spacial score (nSPS) is 19.7. The third-order valence-electron chi connectivity index (χ3n) is 4.87. The third-order valence-corrected chi connectivity index (χ3v) is 6.75. The maximum atomic E-state index is 13.0. The summed E-state index contributed by atoms with van der Waals surface area (Å²) >= 11 is 2.08. The van der Waals surface area contributed by atoms with Gasteiger partial charge in [0.2, 0.25) is 11.5 Å². The van der Waals surface area contributed by atoms with E-state index in [4.69, 9.17) is 21.0 Å². The van der Waals surface area contributed by atoms with Crippen molar-refractivity contribution in [2.75, 3.05) is 24.6 Å². The molecule has 2 aliphatic rings. The molecule has 2 amide bonds. The average Bonchev–Trinajstić information content (AvgIpc) is 3.23. The summed E-state index contributed by atoms with van der Waals surface area (Å²) in [5.74, 6) is -3.23. The number of nitrogens with two attached hydrogens (primary N) is 2. The van der Waals surface area contributed by atoms with E-state index in [0.29, 0.717) is 6.42 Å². The minimum absolute atomic E-state index is 0. The molecule has 1 aromatic heterocycles. The number of thioether (sulfide) groups is 1. The quantitative estimate of drug-likeness (QED) is 0.121. The van der Waals surface area contributed by atoms with Crippen LogP contribution in [0.4, 0.5) is 5.13 Å². The van der Waals surface area contributed by atoms with Gasteiger partial charge in [-0.1, -0.05) is 12.1 Å². The van der Waals surface area contributed by atoms with Gasteiger partial charge in [0.05, 0.1) is 0 Å². The molecular formula is C18H25Cl2N7O7S2. The Kier molecular flexibility index (Phi) is 11.8. The highest BCUT2D eigenvalue weighted by Gasteiger charge is 2.54. The number of carbonyl (C=O) groups is 4. The van der Waals surface area contributed by atoms with Crippen LogP contribution < -0.4 is 16.8 Å². The number of aliphatic carboxylic acids is 1. The monoisotopic (exact) mass is 585 g/mol. The summed E-state index contributed by atoms with van der Waals surface area (Å²) in [5.41, 5.74) is 10.9. The highest BCUT2D eigenvalue weighted by Crippen LogP contribution is 2.40. The van der Waals surface area contributed by atoms with Gasteiger partial charge in [-0.15, -0.1) is 36.6 Å². The Labute approximate surface area is 226 Å². The van der Waals surface area contributed by atoms with Gasteiger partial charge in [0.1, 0.15) is 29.8 Å². The lowest BCUT2D eigenvalue weighted by atomic mass is 10.0. The van der Waals surface area contributed by atoms with Crippen LogP contribution >= 0.6 is 48.1 Å². The fourth-order valence-electron chi connectivity index (χ4n) is 3.12. The van der Waals surface area contributed by atoms with Crippen LogP contribution in [0.25, 0.3) is 0 Å². The van der Waals surface area contributed by atoms with Gasteiger partial charge in [-0.2, -0.15) is 9.36 Å². The number of rotatable bonds is 10. The molecule has 14 nitrogen and oxygen atoms in total. The average molecular weight is 586 g/mol. The molecule has 6 N–H and O–H groups in total. The van der Waals surface area contributed by atoms with Gasteiger partial charge in [0, 0.05) is 36.3 Å². The number of carboxylic acid groups (broad SMARTS) is 1. The second-order valence-electron chi connectivity index (χ2n) is 7.17. The third kappa shape index (κ3) is 6.76. The number of halogens is 2. The highest BCUT2D eigenvalue weighted by molar-refractivity contribution is 8.00. The molecule has 36 heavy (non-hydrogen) atoms. The molecule has 1 saturated heterocycles. The van der Waals surface area contributed by atoms with Gasteiger partial charge >= 0.3 is 11.9 Å². The number of carboxylic acids is 1. The lowest BCUT2D eigenvalue weighted by Gasteiger charge is -2.49. The fourth-order valence-corrected chi connectivity index (χ4v) is 4.88. The van der Waals surface area contributed by atoms with Crippen LogP contribution in [0.5, 0.6) is 0 Å². The van der Waals surface area contributed by atoms with Gasteiger partial charge in [-0.05, 0) is 6.42 Å². The predicted octanol–water partition coefficient (Wildman–Crippen LogP) is -0.276. The van der Waals surface area contributed by atoms with Crippen molar-refractivity contribution < 1.29 is 33.9 Å². The van der Waals surface area contributed by atoms with Crippen molar-refractivity contribution in [3.05, 3.63) is 17.1 Å². The molecule has 3 rings (SSSR count). The molecule has 0 aliphatic carbocycles. The number of oxime groups is 1. The zero-order valence-electron chi connectivity index (χ0n) is 19.0. The number of nitrogens with one attached hydrogen (secondary N) is 1. The van der Waals surface area contributed by atoms with Crippen molar-refractivity contribution in [3.63, 3.8) is 0 Å². The summed E-state index contributed by atoms with van der Waals surface area (Å²) in [7, 11) is 0. The van der Waals surface area contributed by atoms with E-state index in [-0.39, 0.29) is 71.7 Å². The van der Waals surface area contributed by atoms with E-state index in [2.05, 4.69) is 19.8 Å². The van der Waals surface area contributed by atoms with Crippen LogP contribution in [0.3, 0.4) is 0 Å². The SMILES string of the molecule is CCC(CN)ON=C(C(=O)N[C@@H]1C(=O)N2C(C(=O)O)=C(COC(C)=O)CS[C@H]12)c1nsc(N)n1.Cl.Cl. The molecule has 0 spiro atoms. The van der Waals surface area contributed by atoms with E-state index in [0.717, 1.165) is 16.4 Å². The number of esters is 1. The molecule has 2 aliphatic heterocycles. The van der Waals surface area contributed by atoms with Gasteiger partial charge in [-0.3, -0.25) is 19.3 Å². The van der Waals surface area contributed by atoms with E-state index in [1.54, 1.807) is 0 Å². The molecule has 3 heterocycles. The molecular weight excluding hydrogens is 561 g/mol. The standard InChI is InChI=1S/C18H23N7O7S2.2ClH/c1-3-9(4-19)32-23-10(13-22-18(20)34-24-13)14(27)21-11-15(28)25-12(17(29)30)8(5-31-7(2)26)6-33-16(11)25;;/h9,11,16H,3-6,19H2,1-2H3,(H,21,27)(H,29,30)(H2,20,22,24);2*1H/t9?,11-,16-;;/m1../s1. The van der Waals surface area contributed by atoms with Crippen molar-refractivity contribution in [2.24, 2.45) is 10.9 Å². The van der Waals surface area contributed by atoms with Crippen molar-refractivity contribution >= 4 is 82.7 Å². The van der Waals surface area contributed by atoms with Crippen molar-refractivity contribution in [1.29, 1.82) is 0 Å². The first-order chi connectivity index (χ1) is 16.2. The van der Waals surface area contributed by atoms with Gasteiger partial charge in [0.25, 0.3) is 11.8 Å². The molecule has 3 atom stereocenters. The zero-order valence-corrected chi connectivity index (χ0v) is 22.3. The smallest absolute Gasteiger partial charge is 0.352 e. The molecule has 0 radical (unpaired) electrons. The minimum atomic E-state index is -1.34. The Morgan fingerprint density at radius 3 is 2.58 bits per heavy atom. The Hall–Kier alpha value is -2.66. The van der Waals surface area contributed by atoms with E-state index < -0.39 is 41.3 Å². The van der Waals surface area contributed by atoms with Crippen LogP contribution in [0.2, 0.25) is 0 Å². The predicted molar refractivity (Wildman–Crippen MR) is 136 cm³/mol. The first-order valence-electron chi connectivity index (χ1n) is 10.1. The van der Waals surface area contributed by atoms with Gasteiger partial charge in [0.15, 0.2) is 5.13 Å². The molecule has 1 fully saturated rings. The Balaban J connectivity index is 0.00000324. The van der Waals surface area contributed by atoms with E-state index in [1.165, 1.54) is 18.7 Å². The topological polar surface area (TPSA) is 212 Å². The molecule has 0 saturated carbocycles. The highest BCUT2D eigenvalue weighted by atomic mass is 35.5. The largest absolute Gasteiger partial charge is 0.477 e. The maximum absolute atomic E-state index is 13.0. The Morgan fingerprint density at radius 2 is 2.06 bits per heavy atom. The van der Waals surface area contributed by atoms with E-state index >= 15 is 0 Å². The number of hydrogen-bond acceptors (Lipinski definition) is 13. The number of ether oxygens (including phenoxy) is 1. The number of hydrogen-bond donors (Lipinski definition) is 4. The van der Waals surface area contributed by atoms with Crippen molar-refractivity contribution in [1.82, 2.24) is 19.6 Å². The number of fused-ring (bicyclic) bond motifs is 1.